The summed E-state index contributed by atoms with van der Waals surface area (Å²) in [5.41, 5.74) is 13.4. The van der Waals surface area contributed by atoms with Crippen LogP contribution < -0.4 is 22.2 Å². The van der Waals surface area contributed by atoms with Crippen molar-refractivity contribution in [2.75, 3.05) is 16.8 Å². The predicted molar refractivity (Wildman–Crippen MR) is 250 cm³/mol. The zero-order chi connectivity index (χ0) is 46.9. The number of nitrogen functional groups attached to an aromatic ring is 1. The van der Waals surface area contributed by atoms with E-state index in [2.05, 4.69) is 25.3 Å². The summed E-state index contributed by atoms with van der Waals surface area (Å²) in [7, 11) is -3.44. The summed E-state index contributed by atoms with van der Waals surface area (Å²) in [5.74, 6) is -0.890. The number of aromatic nitrogens is 6. The van der Waals surface area contributed by atoms with Gasteiger partial charge in [0.05, 0.1) is 17.1 Å². The quantitative estimate of drug-likeness (QED) is 0.134. The van der Waals surface area contributed by atoms with E-state index in [1.54, 1.807) is 17.8 Å². The second-order valence-corrected chi connectivity index (χ2v) is 17.5. The second-order valence-electron chi connectivity index (χ2n) is 13.0. The summed E-state index contributed by atoms with van der Waals surface area (Å²) in [6, 6.07) is 31.0. The molecule has 0 spiro atoms. The van der Waals surface area contributed by atoms with Crippen LogP contribution in [-0.4, -0.2) is 54.3 Å². The first-order valence-electron chi connectivity index (χ1n) is 20.0. The zero-order valence-electron chi connectivity index (χ0n) is 37.1. The van der Waals surface area contributed by atoms with E-state index in [1.807, 2.05) is 125 Å². The maximum absolute atomic E-state index is 12.9. The molecule has 17 heteroatoms. The van der Waals surface area contributed by atoms with Gasteiger partial charge in [-0.3, -0.25) is 23.5 Å². The maximum Gasteiger partial charge on any atom is 0.300 e. The molecule has 0 radical (unpaired) electrons. The Morgan fingerprint density at radius 1 is 0.750 bits per heavy atom. The molecule has 14 nitrogen and oxygen atoms in total. The van der Waals surface area contributed by atoms with Gasteiger partial charge in [0.1, 0.15) is 22.1 Å². The summed E-state index contributed by atoms with van der Waals surface area (Å²) in [6.07, 6.45) is 2.93. The third-order valence-corrected chi connectivity index (χ3v) is 12.6. The monoisotopic (exact) mass is 877 g/mol. The van der Waals surface area contributed by atoms with Gasteiger partial charge in [-0.1, -0.05) is 109 Å². The van der Waals surface area contributed by atoms with Gasteiger partial charge >= 0.3 is 0 Å². The first-order valence-corrected chi connectivity index (χ1v) is 21.3. The average Bonchev–Trinajstić information content (AvgIpc) is 3.92. The highest BCUT2D eigenvalue weighted by molar-refractivity contribution is 7.93. The molecular weight excluding hydrogens is 821 g/mol. The number of benzene rings is 4. The Morgan fingerprint density at radius 3 is 1.63 bits per heavy atom. The van der Waals surface area contributed by atoms with Gasteiger partial charge in [-0.15, -0.1) is 0 Å². The fourth-order valence-electron chi connectivity index (χ4n) is 5.25. The maximum atomic E-state index is 12.9. The van der Waals surface area contributed by atoms with Crippen molar-refractivity contribution in [3.8, 4) is 11.4 Å². The molecule has 4 aromatic heterocycles. The number of aliphatic carboxylic acids is 1. The van der Waals surface area contributed by atoms with E-state index in [0.29, 0.717) is 15.5 Å². The SMILES string of the molecule is C.CC(=O)O.CCS(=O)(=O)c1nc2ncn(-c3ccccc3C)c(=O)c2s1.Cc1ccc(N)cc1.Cc1ccc(Nc2nc3ncn(-c4ccccc4C)c(=O)c3s2)cc1.[2HH].[2H][2H].[2H][2H]. The minimum Gasteiger partial charge on any atom is -0.481 e. The van der Waals surface area contributed by atoms with Crippen molar-refractivity contribution in [2.24, 2.45) is 0 Å². The van der Waals surface area contributed by atoms with Crippen LogP contribution >= 0.6 is 22.7 Å². The number of hydrogen-bond donors (Lipinski definition) is 3. The fourth-order valence-corrected chi connectivity index (χ4v) is 8.39. The van der Waals surface area contributed by atoms with E-state index in [1.165, 1.54) is 33.4 Å². The van der Waals surface area contributed by atoms with Crippen LogP contribution in [0.5, 0.6) is 0 Å². The number of nitrogens with one attached hydrogen (secondary N) is 1. The van der Waals surface area contributed by atoms with E-state index in [4.69, 9.17) is 21.6 Å². The molecule has 8 rings (SSSR count). The topological polar surface area (TPSA) is 205 Å². The number of aryl methyl sites for hydroxylation is 4. The van der Waals surface area contributed by atoms with Gasteiger partial charge in [0.25, 0.3) is 17.1 Å². The summed E-state index contributed by atoms with van der Waals surface area (Å²) in [6.45, 7) is 10.6. The normalized spacial score (nSPS) is 10.8. The summed E-state index contributed by atoms with van der Waals surface area (Å²) >= 11 is 2.19. The van der Waals surface area contributed by atoms with Crippen molar-refractivity contribution in [2.45, 2.75) is 53.3 Å². The van der Waals surface area contributed by atoms with Crippen molar-refractivity contribution in [3.05, 3.63) is 153 Å². The van der Waals surface area contributed by atoms with E-state index < -0.39 is 15.8 Å². The van der Waals surface area contributed by atoms with Crippen molar-refractivity contribution in [3.63, 3.8) is 0 Å². The number of hydrogen-bond acceptors (Lipinski definition) is 13. The van der Waals surface area contributed by atoms with Gasteiger partial charge in [-0.2, -0.15) is 4.98 Å². The van der Waals surface area contributed by atoms with Gasteiger partial charge in [0.15, 0.2) is 16.4 Å². The molecule has 0 aliphatic heterocycles. The van der Waals surface area contributed by atoms with Gasteiger partial charge in [0.2, 0.25) is 14.2 Å². The molecule has 0 saturated carbocycles. The number of rotatable bonds is 6. The van der Waals surface area contributed by atoms with Crippen LogP contribution in [-0.2, 0) is 14.6 Å². The molecule has 4 heterocycles. The molecule has 4 aromatic carbocycles. The Bertz CT molecular complexity index is 2960. The van der Waals surface area contributed by atoms with E-state index in [9.17, 15) is 18.0 Å². The van der Waals surface area contributed by atoms with Gasteiger partial charge in [0, 0.05) is 25.7 Å². The molecule has 0 aliphatic rings. The Morgan fingerprint density at radius 2 is 1.18 bits per heavy atom. The molecule has 0 unspecified atom stereocenters. The Labute approximate surface area is 363 Å². The number of sulfone groups is 1. The lowest BCUT2D eigenvalue weighted by atomic mass is 10.2. The van der Waals surface area contributed by atoms with Crippen LogP contribution in [0.4, 0.5) is 16.5 Å². The fraction of sp³-hybridized carbons (Fsp3) is 0.186. The lowest BCUT2D eigenvalue weighted by Crippen LogP contribution is -2.18. The average molecular weight is 878 g/mol. The molecule has 4 N–H and O–H groups in total. The molecule has 318 valence electrons. The Kier molecular flexibility index (Phi) is 14.6. The summed E-state index contributed by atoms with van der Waals surface area (Å²) < 4.78 is 47.5. The van der Waals surface area contributed by atoms with Crippen molar-refractivity contribution < 1.29 is 25.7 Å². The highest BCUT2D eigenvalue weighted by atomic mass is 32.2. The zero-order valence-corrected chi connectivity index (χ0v) is 35.5. The summed E-state index contributed by atoms with van der Waals surface area (Å²) in [5, 5.41) is 11.3. The standard InChI is InChI=1S/C19H16N4OS.C14H13N3O3S2.C7H9N.C2H4O2.CH4.3H2/c1-12-7-9-14(10-8-12)21-19-22-17-16(25-19)18(24)23(11-20-17)15-6-4-3-5-13(15)2;1-3-22(19,20)14-16-12-11(21-14)13(18)17(8-15-12)10-7-5-4-6-9(10)2;1-6-2-4-7(8)5-3-6;1-2(3)4;;;;/h3-11H,1-2H3,(H,21,22);4-8H,3H2,1-2H3;2-5H,8H2,1H3;1H3,(H,3,4);1H4;3*1H/i;;;;;2*1+1D;1+1. The third-order valence-electron chi connectivity index (χ3n) is 8.39. The molecule has 0 saturated heterocycles. The number of para-hydroxylation sites is 2. The molecule has 0 aliphatic carbocycles. The molecule has 0 fully saturated rings. The molecule has 0 amide bonds. The smallest absolute Gasteiger partial charge is 0.300 e. The van der Waals surface area contributed by atoms with E-state index in [0.717, 1.165) is 52.1 Å². The highest BCUT2D eigenvalue weighted by Crippen LogP contribution is 2.26. The van der Waals surface area contributed by atoms with Crippen molar-refractivity contribution in [1.29, 1.82) is 0 Å². The number of nitrogens with zero attached hydrogens (tertiary/aromatic N) is 6. The van der Waals surface area contributed by atoms with Crippen molar-refractivity contribution in [1.82, 2.24) is 29.1 Å². The largest absolute Gasteiger partial charge is 0.481 e. The first-order chi connectivity index (χ1) is 30.1. The lowest BCUT2D eigenvalue weighted by Gasteiger charge is -2.07. The Hall–Kier alpha value is -6.56. The van der Waals surface area contributed by atoms with Crippen molar-refractivity contribution >= 4 is 75.7 Å². The Balaban J connectivity index is 0.000000481. The van der Waals surface area contributed by atoms with E-state index >= 15 is 0 Å². The van der Waals surface area contributed by atoms with Crippen LogP contribution in [0.15, 0.2) is 124 Å². The molecular formula is C43H52N8O6S3. The van der Waals surface area contributed by atoms with Crippen LogP contribution in [0.2, 0.25) is 0 Å². The van der Waals surface area contributed by atoms with Gasteiger partial charge in [-0.05, 0) is 75.2 Å². The highest BCUT2D eigenvalue weighted by Gasteiger charge is 2.20. The van der Waals surface area contributed by atoms with Gasteiger partial charge < -0.3 is 16.2 Å². The van der Waals surface area contributed by atoms with Gasteiger partial charge in [-0.25, -0.2) is 23.4 Å². The number of anilines is 3. The lowest BCUT2D eigenvalue weighted by molar-refractivity contribution is -0.134. The first kappa shape index (κ1) is 43.0. The summed E-state index contributed by atoms with van der Waals surface area (Å²) in [4.78, 5) is 51.4. The van der Waals surface area contributed by atoms with Crippen LogP contribution in [0, 0.1) is 27.7 Å². The minimum atomic E-state index is -3.44. The molecule has 0 atom stereocenters. The number of carboxylic acids is 1. The third kappa shape index (κ3) is 11.6. The van der Waals surface area contributed by atoms with E-state index in [-0.39, 0.29) is 40.4 Å². The van der Waals surface area contributed by atoms with Crippen LogP contribution in [0.25, 0.3) is 32.1 Å². The number of fused-ring (bicyclic) bond motifs is 2. The molecule has 8 aromatic rings. The number of carbonyl (C=O) groups is 1. The number of thiazole rings is 2. The van der Waals surface area contributed by atoms with Crippen LogP contribution in [0.1, 0.15) is 50.9 Å². The predicted octanol–water partition coefficient (Wildman–Crippen LogP) is 9.19. The number of carboxylic acid groups (broad SMARTS) is 1. The minimum absolute atomic E-state index is 0. The molecule has 0 bridgehead atoms. The van der Waals surface area contributed by atoms with Crippen LogP contribution in [0.3, 0.4) is 0 Å². The second kappa shape index (κ2) is 20.4. The molecule has 60 heavy (non-hydrogen) atoms. The number of nitrogens with two attached hydrogens (primary N) is 1.